The smallest absolute Gasteiger partial charge is 0.319 e. The van der Waals surface area contributed by atoms with E-state index in [0.717, 1.165) is 47.2 Å². The number of hydrazone groups is 1. The van der Waals surface area contributed by atoms with Gasteiger partial charge >= 0.3 is 5.97 Å². The van der Waals surface area contributed by atoms with Crippen LogP contribution in [0.2, 0.25) is 0 Å². The molecule has 0 fully saturated rings. The van der Waals surface area contributed by atoms with Crippen molar-refractivity contribution in [3.63, 3.8) is 0 Å². The van der Waals surface area contributed by atoms with Gasteiger partial charge in [0, 0.05) is 4.88 Å². The first-order valence-corrected chi connectivity index (χ1v) is 12.0. The number of halogens is 3. The number of carbonyl (C=O) groups is 1. The van der Waals surface area contributed by atoms with Crippen LogP contribution in [0.5, 0.6) is 0 Å². The van der Waals surface area contributed by atoms with Gasteiger partial charge in [-0.1, -0.05) is 17.8 Å². The number of nitrogens with zero attached hydrogens (tertiary/aromatic N) is 2. The van der Waals surface area contributed by atoms with Crippen molar-refractivity contribution in [1.29, 1.82) is 0 Å². The van der Waals surface area contributed by atoms with Crippen molar-refractivity contribution in [2.75, 3.05) is 4.90 Å². The van der Waals surface area contributed by atoms with Crippen LogP contribution in [0.15, 0.2) is 23.3 Å². The minimum Gasteiger partial charge on any atom is -0.480 e. The van der Waals surface area contributed by atoms with E-state index in [9.17, 15) is 18.7 Å². The van der Waals surface area contributed by atoms with E-state index in [1.165, 1.54) is 34.7 Å². The van der Waals surface area contributed by atoms with E-state index in [0.29, 0.717) is 10.3 Å². The van der Waals surface area contributed by atoms with Crippen LogP contribution in [0.3, 0.4) is 0 Å². The minimum atomic E-state index is -1.02. The standard InChI is InChI=1S/C20H20BrF2N3O2S2/c1-20(2,17(27)28)30-19-25-24-18(21)26(19)16-12-6-4-3-5-11(12)15(29-16)10-7-8-13(22)14(23)9-10/h7-9,19,25H,3-6H2,1-2H3,(H,27,28). The monoisotopic (exact) mass is 515 g/mol. The van der Waals surface area contributed by atoms with Crippen molar-refractivity contribution in [3.05, 3.63) is 41.0 Å². The summed E-state index contributed by atoms with van der Waals surface area (Å²) in [7, 11) is 0. The van der Waals surface area contributed by atoms with Crippen LogP contribution in [0, 0.1) is 11.6 Å². The van der Waals surface area contributed by atoms with E-state index in [2.05, 4.69) is 26.5 Å². The highest BCUT2D eigenvalue weighted by Crippen LogP contribution is 2.48. The van der Waals surface area contributed by atoms with E-state index in [1.54, 1.807) is 19.9 Å². The number of carboxylic acids is 1. The summed E-state index contributed by atoms with van der Waals surface area (Å²) in [5, 5.41) is 14.8. The van der Waals surface area contributed by atoms with Crippen LogP contribution in [0.1, 0.15) is 37.8 Å². The lowest BCUT2D eigenvalue weighted by Gasteiger charge is -2.30. The molecule has 160 valence electrons. The van der Waals surface area contributed by atoms with Gasteiger partial charge in [0.25, 0.3) is 0 Å². The van der Waals surface area contributed by atoms with Gasteiger partial charge in [0.1, 0.15) is 9.75 Å². The zero-order valence-electron chi connectivity index (χ0n) is 16.3. The first kappa shape index (κ1) is 21.6. The minimum absolute atomic E-state index is 0.409. The van der Waals surface area contributed by atoms with E-state index in [-0.39, 0.29) is 0 Å². The van der Waals surface area contributed by atoms with Gasteiger partial charge in [0.2, 0.25) is 0 Å². The average Bonchev–Trinajstić information content (AvgIpc) is 3.24. The van der Waals surface area contributed by atoms with E-state index in [4.69, 9.17) is 0 Å². The second-order valence-corrected chi connectivity index (χ2v) is 11.1. The summed E-state index contributed by atoms with van der Waals surface area (Å²) in [4.78, 5) is 14.5. The molecule has 0 bridgehead atoms. The molecule has 0 spiro atoms. The number of benzene rings is 1. The molecule has 0 saturated heterocycles. The third-order valence-electron chi connectivity index (χ3n) is 5.22. The summed E-state index contributed by atoms with van der Waals surface area (Å²) in [5.41, 5.74) is 5.56. The Labute approximate surface area is 189 Å². The number of anilines is 1. The van der Waals surface area contributed by atoms with Gasteiger partial charge < -0.3 is 5.11 Å². The molecule has 4 rings (SSSR count). The highest BCUT2D eigenvalue weighted by Gasteiger charge is 2.40. The van der Waals surface area contributed by atoms with Gasteiger partial charge in [-0.2, -0.15) is 5.10 Å². The maximum atomic E-state index is 13.9. The first-order chi connectivity index (χ1) is 14.2. The number of hydrogen-bond acceptors (Lipinski definition) is 6. The number of hydrogen-bond donors (Lipinski definition) is 2. The predicted octanol–water partition coefficient (Wildman–Crippen LogP) is 5.53. The number of aliphatic carboxylic acids is 1. The van der Waals surface area contributed by atoms with Gasteiger partial charge in [-0.25, -0.2) is 8.78 Å². The van der Waals surface area contributed by atoms with Crippen molar-refractivity contribution in [2.24, 2.45) is 5.10 Å². The third-order valence-corrected chi connectivity index (χ3v) is 8.41. The molecule has 0 amide bonds. The molecule has 1 aromatic heterocycles. The number of thioether (sulfide) groups is 1. The first-order valence-electron chi connectivity index (χ1n) is 9.48. The van der Waals surface area contributed by atoms with Crippen molar-refractivity contribution in [1.82, 2.24) is 5.43 Å². The quantitative estimate of drug-likeness (QED) is 0.512. The lowest BCUT2D eigenvalue weighted by Crippen LogP contribution is -2.42. The molecule has 2 heterocycles. The van der Waals surface area contributed by atoms with E-state index >= 15 is 0 Å². The Balaban J connectivity index is 1.78. The maximum absolute atomic E-state index is 13.9. The Hall–Kier alpha value is -1.65. The Bertz CT molecular complexity index is 1040. The molecule has 30 heavy (non-hydrogen) atoms. The molecule has 1 aromatic carbocycles. The fraction of sp³-hybridized carbons (Fsp3) is 0.400. The molecule has 1 aliphatic heterocycles. The third kappa shape index (κ3) is 3.85. The number of carboxylic acid groups (broad SMARTS) is 1. The van der Waals surface area contributed by atoms with Gasteiger partial charge in [-0.3, -0.25) is 15.1 Å². The number of amidine groups is 1. The fourth-order valence-electron chi connectivity index (χ4n) is 3.59. The van der Waals surface area contributed by atoms with Crippen LogP contribution in [0.4, 0.5) is 13.8 Å². The SMILES string of the molecule is CC(C)(SC1NN=C(Br)N1c1sc(-c2ccc(F)c(F)c2)c2c1CCCC2)C(=O)O. The average molecular weight is 516 g/mol. The Morgan fingerprint density at radius 1 is 1.30 bits per heavy atom. The lowest BCUT2D eigenvalue weighted by atomic mass is 9.91. The molecule has 1 atom stereocenters. The normalized spacial score (nSPS) is 18.8. The van der Waals surface area contributed by atoms with Gasteiger partial charge in [0.05, 0.1) is 0 Å². The molecule has 2 N–H and O–H groups in total. The van der Waals surface area contributed by atoms with E-state index in [1.807, 2.05) is 4.90 Å². The molecule has 0 saturated carbocycles. The summed E-state index contributed by atoms with van der Waals surface area (Å²) in [6.07, 6.45) is 3.83. The van der Waals surface area contributed by atoms with Gasteiger partial charge in [0.15, 0.2) is 21.9 Å². The highest BCUT2D eigenvalue weighted by atomic mass is 79.9. The molecule has 0 radical (unpaired) electrons. The number of nitrogens with one attached hydrogen (secondary N) is 1. The van der Waals surface area contributed by atoms with Crippen LogP contribution in [0.25, 0.3) is 10.4 Å². The topological polar surface area (TPSA) is 64.9 Å². The molecule has 1 aliphatic carbocycles. The number of rotatable bonds is 5. The van der Waals surface area contributed by atoms with Crippen LogP contribution in [-0.4, -0.2) is 26.1 Å². The van der Waals surface area contributed by atoms with Crippen LogP contribution < -0.4 is 10.3 Å². The zero-order chi connectivity index (χ0) is 21.6. The summed E-state index contributed by atoms with van der Waals surface area (Å²) < 4.78 is 26.9. The molecule has 1 unspecified atom stereocenters. The molecule has 5 nitrogen and oxygen atoms in total. The second kappa shape index (κ2) is 8.12. The molecule has 2 aliphatic rings. The Morgan fingerprint density at radius 3 is 2.67 bits per heavy atom. The molecular weight excluding hydrogens is 496 g/mol. The Morgan fingerprint density at radius 2 is 2.00 bits per heavy atom. The van der Waals surface area contributed by atoms with Gasteiger partial charge in [-0.05, 0) is 84.3 Å². The predicted molar refractivity (Wildman–Crippen MR) is 121 cm³/mol. The van der Waals surface area contributed by atoms with Crippen LogP contribution in [-0.2, 0) is 17.6 Å². The van der Waals surface area contributed by atoms with Crippen molar-refractivity contribution in [2.45, 2.75) is 49.8 Å². The summed E-state index contributed by atoms with van der Waals surface area (Å²) in [6.45, 7) is 3.31. The summed E-state index contributed by atoms with van der Waals surface area (Å²) in [6, 6.07) is 4.00. The van der Waals surface area contributed by atoms with E-state index < -0.39 is 27.8 Å². The highest BCUT2D eigenvalue weighted by molar-refractivity contribution is 9.18. The second-order valence-electron chi connectivity index (χ2n) is 7.70. The summed E-state index contributed by atoms with van der Waals surface area (Å²) >= 11 is 6.25. The van der Waals surface area contributed by atoms with Crippen LogP contribution >= 0.6 is 39.0 Å². The molecular formula is C20H20BrF2N3O2S2. The molecule has 10 heteroatoms. The zero-order valence-corrected chi connectivity index (χ0v) is 19.6. The lowest BCUT2D eigenvalue weighted by molar-refractivity contribution is -0.138. The molecule has 2 aromatic rings. The van der Waals surface area contributed by atoms with Gasteiger partial charge in [-0.15, -0.1) is 11.3 Å². The fourth-order valence-corrected chi connectivity index (χ4v) is 6.90. The Kier molecular flexibility index (Phi) is 5.84. The van der Waals surface area contributed by atoms with Crippen molar-refractivity contribution < 1.29 is 18.7 Å². The summed E-state index contributed by atoms with van der Waals surface area (Å²) in [5.74, 6) is -2.64. The number of thiophene rings is 1. The largest absolute Gasteiger partial charge is 0.480 e. The number of fused-ring (bicyclic) bond motifs is 1. The maximum Gasteiger partial charge on any atom is 0.319 e. The van der Waals surface area contributed by atoms with Crippen molar-refractivity contribution in [3.8, 4) is 10.4 Å². The van der Waals surface area contributed by atoms with Crippen molar-refractivity contribution >= 4 is 54.7 Å².